The number of alkyl halides is 3. The second-order valence-corrected chi connectivity index (χ2v) is 5.82. The van der Waals surface area contributed by atoms with E-state index in [1.54, 1.807) is 6.07 Å². The zero-order valence-corrected chi connectivity index (χ0v) is 12.6. The summed E-state index contributed by atoms with van der Waals surface area (Å²) in [6.07, 6.45) is -1.31. The lowest BCUT2D eigenvalue weighted by atomic mass is 10.1. The van der Waals surface area contributed by atoms with Crippen molar-refractivity contribution >= 4 is 11.6 Å². The van der Waals surface area contributed by atoms with E-state index in [0.717, 1.165) is 25.0 Å². The number of hydrogen-bond acceptors (Lipinski definition) is 2. The number of hydrogen-bond donors (Lipinski definition) is 1. The standard InChI is InChI=1S/C17H15F3N2O2/c18-17(19,20)13-4-1-3-11(9-13)10-22-8-2-5-14(16(22)24)21-15(23)12-6-7-12/h1-5,8-9,12H,6-7,10H2,(H,21,23). The first-order valence-corrected chi connectivity index (χ1v) is 7.51. The van der Waals surface area contributed by atoms with Crippen LogP contribution >= 0.6 is 0 Å². The number of amides is 1. The van der Waals surface area contributed by atoms with Crippen LogP contribution < -0.4 is 10.9 Å². The van der Waals surface area contributed by atoms with Gasteiger partial charge in [0.25, 0.3) is 5.56 Å². The highest BCUT2D eigenvalue weighted by molar-refractivity contribution is 5.93. The molecule has 0 spiro atoms. The lowest BCUT2D eigenvalue weighted by Gasteiger charge is -2.11. The number of carbonyl (C=O) groups excluding carboxylic acids is 1. The van der Waals surface area contributed by atoms with Gasteiger partial charge in [0.05, 0.1) is 12.1 Å². The van der Waals surface area contributed by atoms with Crippen molar-refractivity contribution in [3.05, 3.63) is 64.1 Å². The van der Waals surface area contributed by atoms with Gasteiger partial charge >= 0.3 is 6.18 Å². The van der Waals surface area contributed by atoms with Crippen LogP contribution in [0.5, 0.6) is 0 Å². The van der Waals surface area contributed by atoms with Crippen LogP contribution in [0.2, 0.25) is 0 Å². The van der Waals surface area contributed by atoms with Crippen LogP contribution in [0.3, 0.4) is 0 Å². The average Bonchev–Trinajstić information content (AvgIpc) is 3.35. The number of rotatable bonds is 4. The number of halogens is 3. The van der Waals surface area contributed by atoms with Crippen LogP contribution in [0.25, 0.3) is 0 Å². The minimum atomic E-state index is -4.43. The molecule has 0 radical (unpaired) electrons. The summed E-state index contributed by atoms with van der Waals surface area (Å²) in [4.78, 5) is 24.1. The molecule has 1 fully saturated rings. The SMILES string of the molecule is O=C(Nc1cccn(Cc2cccc(C(F)(F)F)c2)c1=O)C1CC1. The lowest BCUT2D eigenvalue weighted by molar-refractivity contribution is -0.137. The molecule has 1 aliphatic carbocycles. The Hall–Kier alpha value is -2.57. The maximum Gasteiger partial charge on any atom is 0.416 e. The highest BCUT2D eigenvalue weighted by Crippen LogP contribution is 2.30. The number of anilines is 1. The van der Waals surface area contributed by atoms with Crippen LogP contribution in [-0.2, 0) is 17.5 Å². The van der Waals surface area contributed by atoms with Gasteiger partial charge in [-0.05, 0) is 42.7 Å². The van der Waals surface area contributed by atoms with E-state index in [1.807, 2.05) is 0 Å². The van der Waals surface area contributed by atoms with Crippen LogP contribution in [0.4, 0.5) is 18.9 Å². The van der Waals surface area contributed by atoms with E-state index < -0.39 is 17.3 Å². The molecular formula is C17H15F3N2O2. The largest absolute Gasteiger partial charge is 0.416 e. The minimum Gasteiger partial charge on any atom is -0.321 e. The van der Waals surface area contributed by atoms with Gasteiger partial charge in [0.2, 0.25) is 5.91 Å². The Balaban J connectivity index is 1.83. The molecule has 1 aromatic carbocycles. The molecular weight excluding hydrogens is 321 g/mol. The predicted octanol–water partition coefficient (Wildman–Crippen LogP) is 3.26. The van der Waals surface area contributed by atoms with Crippen molar-refractivity contribution in [2.24, 2.45) is 5.92 Å². The van der Waals surface area contributed by atoms with Gasteiger partial charge in [-0.3, -0.25) is 9.59 Å². The molecule has 0 atom stereocenters. The van der Waals surface area contributed by atoms with E-state index in [9.17, 15) is 22.8 Å². The lowest BCUT2D eigenvalue weighted by Crippen LogP contribution is -2.26. The van der Waals surface area contributed by atoms with Crippen molar-refractivity contribution in [3.8, 4) is 0 Å². The second-order valence-electron chi connectivity index (χ2n) is 5.82. The van der Waals surface area contributed by atoms with E-state index in [1.165, 1.54) is 29.0 Å². The summed E-state index contributed by atoms with van der Waals surface area (Å²) in [6, 6.07) is 7.91. The Morgan fingerprint density at radius 2 is 1.96 bits per heavy atom. The molecule has 1 aliphatic rings. The first-order chi connectivity index (χ1) is 11.3. The first-order valence-electron chi connectivity index (χ1n) is 7.51. The van der Waals surface area contributed by atoms with Gasteiger partial charge in [0.15, 0.2) is 0 Å². The number of carbonyl (C=O) groups is 1. The Kier molecular flexibility index (Phi) is 4.17. The Bertz CT molecular complexity index is 823. The smallest absolute Gasteiger partial charge is 0.321 e. The summed E-state index contributed by atoms with van der Waals surface area (Å²) < 4.78 is 39.6. The van der Waals surface area contributed by atoms with Crippen LogP contribution in [0, 0.1) is 5.92 Å². The van der Waals surface area contributed by atoms with Gasteiger partial charge in [0, 0.05) is 12.1 Å². The molecule has 1 N–H and O–H groups in total. The third-order valence-electron chi connectivity index (χ3n) is 3.83. The quantitative estimate of drug-likeness (QED) is 0.932. The van der Waals surface area contributed by atoms with Crippen molar-refractivity contribution < 1.29 is 18.0 Å². The number of pyridine rings is 1. The summed E-state index contributed by atoms with van der Waals surface area (Å²) in [7, 11) is 0. The van der Waals surface area contributed by atoms with Gasteiger partial charge < -0.3 is 9.88 Å². The molecule has 2 aromatic rings. The minimum absolute atomic E-state index is 0.00408. The second kappa shape index (κ2) is 6.14. The number of nitrogens with one attached hydrogen (secondary N) is 1. The number of aromatic nitrogens is 1. The molecule has 1 saturated carbocycles. The Morgan fingerprint density at radius 1 is 1.21 bits per heavy atom. The molecule has 4 nitrogen and oxygen atoms in total. The highest BCUT2D eigenvalue weighted by Gasteiger charge is 2.31. The van der Waals surface area contributed by atoms with Gasteiger partial charge in [-0.2, -0.15) is 13.2 Å². The van der Waals surface area contributed by atoms with E-state index in [2.05, 4.69) is 5.32 Å². The van der Waals surface area contributed by atoms with Crippen molar-refractivity contribution in [1.82, 2.24) is 4.57 Å². The molecule has 0 unspecified atom stereocenters. The van der Waals surface area contributed by atoms with E-state index >= 15 is 0 Å². The van der Waals surface area contributed by atoms with Crippen molar-refractivity contribution in [2.45, 2.75) is 25.6 Å². The fourth-order valence-corrected chi connectivity index (χ4v) is 2.38. The predicted molar refractivity (Wildman–Crippen MR) is 82.6 cm³/mol. The van der Waals surface area contributed by atoms with Gasteiger partial charge in [-0.15, -0.1) is 0 Å². The van der Waals surface area contributed by atoms with Gasteiger partial charge in [-0.25, -0.2) is 0 Å². The monoisotopic (exact) mass is 336 g/mol. The molecule has 7 heteroatoms. The fraction of sp³-hybridized carbons (Fsp3) is 0.294. The third-order valence-corrected chi connectivity index (χ3v) is 3.83. The summed E-state index contributed by atoms with van der Waals surface area (Å²) in [5, 5.41) is 2.58. The molecule has 1 aromatic heterocycles. The zero-order chi connectivity index (χ0) is 17.3. The first kappa shape index (κ1) is 16.3. The summed E-state index contributed by atoms with van der Waals surface area (Å²) in [6.45, 7) is -0.00408. The third kappa shape index (κ3) is 3.67. The Labute approximate surface area is 135 Å². The van der Waals surface area contributed by atoms with E-state index in [-0.39, 0.29) is 24.1 Å². The average molecular weight is 336 g/mol. The molecule has 24 heavy (non-hydrogen) atoms. The summed E-state index contributed by atoms with van der Waals surface area (Å²) in [5.41, 5.74) is -0.700. The molecule has 3 rings (SSSR count). The maximum atomic E-state index is 12.8. The fourth-order valence-electron chi connectivity index (χ4n) is 2.38. The summed E-state index contributed by atoms with van der Waals surface area (Å²) in [5.74, 6) is -0.231. The number of nitrogens with zero attached hydrogens (tertiary/aromatic N) is 1. The van der Waals surface area contributed by atoms with Crippen LogP contribution in [-0.4, -0.2) is 10.5 Å². The maximum absolute atomic E-state index is 12.8. The topological polar surface area (TPSA) is 51.1 Å². The van der Waals surface area contributed by atoms with Crippen molar-refractivity contribution in [3.63, 3.8) is 0 Å². The van der Waals surface area contributed by atoms with E-state index in [0.29, 0.717) is 5.56 Å². The highest BCUT2D eigenvalue weighted by atomic mass is 19.4. The Morgan fingerprint density at radius 3 is 2.62 bits per heavy atom. The molecule has 0 saturated heterocycles. The number of benzene rings is 1. The van der Waals surface area contributed by atoms with Crippen molar-refractivity contribution in [1.29, 1.82) is 0 Å². The molecule has 1 heterocycles. The molecule has 1 amide bonds. The zero-order valence-electron chi connectivity index (χ0n) is 12.6. The normalized spacial score (nSPS) is 14.5. The molecule has 126 valence electrons. The summed E-state index contributed by atoms with van der Waals surface area (Å²) >= 11 is 0. The van der Waals surface area contributed by atoms with Gasteiger partial charge in [-0.1, -0.05) is 12.1 Å². The van der Waals surface area contributed by atoms with Crippen LogP contribution in [0.15, 0.2) is 47.4 Å². The van der Waals surface area contributed by atoms with Crippen LogP contribution in [0.1, 0.15) is 24.0 Å². The van der Waals surface area contributed by atoms with Gasteiger partial charge in [0.1, 0.15) is 5.69 Å². The van der Waals surface area contributed by atoms with Crippen molar-refractivity contribution in [2.75, 3.05) is 5.32 Å². The van der Waals surface area contributed by atoms with E-state index in [4.69, 9.17) is 0 Å². The molecule has 0 bridgehead atoms. The molecule has 0 aliphatic heterocycles.